The number of carbonyl (C=O) groups excluding carboxylic acids is 1. The van der Waals surface area contributed by atoms with Gasteiger partial charge in [-0.3, -0.25) is 4.79 Å². The van der Waals surface area contributed by atoms with Gasteiger partial charge in [-0.2, -0.15) is 5.10 Å². The molecule has 0 unspecified atom stereocenters. The molecule has 0 saturated carbocycles. The van der Waals surface area contributed by atoms with Crippen LogP contribution >= 0.6 is 11.3 Å². The maximum Gasteiger partial charge on any atom is 0.281 e. The summed E-state index contributed by atoms with van der Waals surface area (Å²) in [5.74, 6) is 1.36. The molecule has 1 aliphatic carbocycles. The monoisotopic (exact) mass is 418 g/mol. The zero-order chi connectivity index (χ0) is 20.9. The van der Waals surface area contributed by atoms with Gasteiger partial charge in [-0.15, -0.1) is 11.3 Å². The minimum atomic E-state index is -0.142. The van der Waals surface area contributed by atoms with Crippen LogP contribution in [0.2, 0.25) is 0 Å². The fourth-order valence-electron chi connectivity index (χ4n) is 3.54. The molecule has 1 aromatic heterocycles. The lowest BCUT2D eigenvalue weighted by Crippen LogP contribution is -2.16. The van der Waals surface area contributed by atoms with Crippen LogP contribution in [-0.2, 0) is 19.4 Å². The Kier molecular flexibility index (Phi) is 6.29. The quantitative estimate of drug-likeness (QED) is 0.423. The maximum atomic E-state index is 12.4. The van der Waals surface area contributed by atoms with E-state index in [9.17, 15) is 4.79 Å². The number of benzene rings is 2. The van der Waals surface area contributed by atoms with Gasteiger partial charge in [0.25, 0.3) is 5.91 Å². The number of aryl methyl sites for hydroxylation is 2. The van der Waals surface area contributed by atoms with E-state index in [0.717, 1.165) is 34.6 Å². The number of hydrazone groups is 1. The summed E-state index contributed by atoms with van der Waals surface area (Å²) in [4.78, 5) is 14.5. The molecule has 0 aliphatic heterocycles. The summed E-state index contributed by atoms with van der Waals surface area (Å²) in [6.07, 6.45) is 5.01. The Morgan fingerprint density at radius 2 is 1.97 bits per heavy atom. The van der Waals surface area contributed by atoms with Crippen LogP contribution in [-0.4, -0.2) is 12.1 Å². The number of carbonyl (C=O) groups is 1. The molecule has 1 atom stereocenters. The summed E-state index contributed by atoms with van der Waals surface area (Å²) in [7, 11) is 0. The molecule has 4 nitrogen and oxygen atoms in total. The van der Waals surface area contributed by atoms with E-state index >= 15 is 0 Å². The van der Waals surface area contributed by atoms with E-state index in [1.54, 1.807) is 17.6 Å². The predicted octanol–water partition coefficient (Wildman–Crippen LogP) is 5.52. The average Bonchev–Trinajstić information content (AvgIpc) is 3.17. The van der Waals surface area contributed by atoms with Crippen molar-refractivity contribution in [2.75, 3.05) is 0 Å². The third kappa shape index (κ3) is 5.16. The molecular weight excluding hydrogens is 392 g/mol. The smallest absolute Gasteiger partial charge is 0.281 e. The highest BCUT2D eigenvalue weighted by molar-refractivity contribution is 7.14. The molecule has 0 radical (unpaired) electrons. The van der Waals surface area contributed by atoms with Crippen LogP contribution in [0.3, 0.4) is 0 Å². The van der Waals surface area contributed by atoms with Crippen molar-refractivity contribution in [3.63, 3.8) is 0 Å². The molecule has 30 heavy (non-hydrogen) atoms. The summed E-state index contributed by atoms with van der Waals surface area (Å²) < 4.78 is 5.82. The van der Waals surface area contributed by atoms with Crippen molar-refractivity contribution in [3.05, 3.63) is 86.6 Å². The molecule has 2 aromatic carbocycles. The van der Waals surface area contributed by atoms with Gasteiger partial charge in [0.2, 0.25) is 0 Å². The Morgan fingerprint density at radius 3 is 2.73 bits per heavy atom. The number of rotatable bonds is 6. The summed E-state index contributed by atoms with van der Waals surface area (Å²) in [5, 5.41) is 4.11. The number of nitrogens with one attached hydrogen (secondary N) is 1. The largest absolute Gasteiger partial charge is 0.489 e. The number of ether oxygens (including phenoxy) is 1. The molecule has 0 fully saturated rings. The number of thiophene rings is 1. The van der Waals surface area contributed by atoms with Crippen molar-refractivity contribution in [3.8, 4) is 5.75 Å². The van der Waals surface area contributed by atoms with E-state index in [0.29, 0.717) is 12.5 Å². The third-order valence-electron chi connectivity index (χ3n) is 5.34. The Bertz CT molecular complexity index is 1040. The number of fused-ring (bicyclic) bond motifs is 1. The second-order valence-corrected chi connectivity index (χ2v) is 9.09. The number of hydrogen-bond acceptors (Lipinski definition) is 4. The molecule has 5 heteroatoms. The molecule has 0 spiro atoms. The van der Waals surface area contributed by atoms with Crippen LogP contribution in [0.1, 0.15) is 50.1 Å². The van der Waals surface area contributed by atoms with Crippen LogP contribution in [0.5, 0.6) is 5.75 Å². The lowest BCUT2D eigenvalue weighted by molar-refractivity contribution is 0.0959. The normalized spacial score (nSPS) is 15.7. The molecule has 3 aromatic rings. The Balaban J connectivity index is 1.29. The second kappa shape index (κ2) is 9.26. The first-order valence-electron chi connectivity index (χ1n) is 10.3. The SMILES string of the molecule is Cc1ccc(COc2ccc(/C=N\NC(=O)c3cc4c(s3)CC[C@@H](C)C4)cc2)cc1. The summed E-state index contributed by atoms with van der Waals surface area (Å²) in [5.41, 5.74) is 7.25. The predicted molar refractivity (Wildman–Crippen MR) is 123 cm³/mol. The van der Waals surface area contributed by atoms with Crippen molar-refractivity contribution >= 4 is 23.5 Å². The van der Waals surface area contributed by atoms with Crippen molar-refractivity contribution in [1.82, 2.24) is 5.43 Å². The van der Waals surface area contributed by atoms with Gasteiger partial charge in [0, 0.05) is 4.88 Å². The number of amides is 1. The van der Waals surface area contributed by atoms with Gasteiger partial charge in [-0.1, -0.05) is 36.8 Å². The van der Waals surface area contributed by atoms with Crippen LogP contribution in [0, 0.1) is 12.8 Å². The minimum Gasteiger partial charge on any atom is -0.489 e. The van der Waals surface area contributed by atoms with Crippen LogP contribution in [0.15, 0.2) is 59.7 Å². The Hall–Kier alpha value is -2.92. The van der Waals surface area contributed by atoms with Gasteiger partial charge in [-0.25, -0.2) is 5.43 Å². The highest BCUT2D eigenvalue weighted by Crippen LogP contribution is 2.32. The van der Waals surface area contributed by atoms with Crippen molar-refractivity contribution in [1.29, 1.82) is 0 Å². The number of hydrogen-bond donors (Lipinski definition) is 1. The van der Waals surface area contributed by atoms with E-state index in [2.05, 4.69) is 48.6 Å². The Morgan fingerprint density at radius 1 is 1.20 bits per heavy atom. The molecular formula is C25H26N2O2S. The second-order valence-electron chi connectivity index (χ2n) is 7.95. The lowest BCUT2D eigenvalue weighted by atomic mass is 9.90. The summed E-state index contributed by atoms with van der Waals surface area (Å²) >= 11 is 1.60. The van der Waals surface area contributed by atoms with Crippen LogP contribution in [0.25, 0.3) is 0 Å². The van der Waals surface area contributed by atoms with Crippen LogP contribution in [0.4, 0.5) is 0 Å². The molecule has 1 heterocycles. The maximum absolute atomic E-state index is 12.4. The highest BCUT2D eigenvalue weighted by atomic mass is 32.1. The molecule has 1 amide bonds. The average molecular weight is 419 g/mol. The van der Waals surface area contributed by atoms with E-state index in [-0.39, 0.29) is 5.91 Å². The zero-order valence-corrected chi connectivity index (χ0v) is 18.2. The van der Waals surface area contributed by atoms with Gasteiger partial charge in [-0.05, 0) is 79.1 Å². The molecule has 0 bridgehead atoms. The van der Waals surface area contributed by atoms with E-state index in [1.165, 1.54) is 22.4 Å². The molecule has 1 aliphatic rings. The molecule has 1 N–H and O–H groups in total. The van der Waals surface area contributed by atoms with Crippen LogP contribution < -0.4 is 10.2 Å². The molecule has 4 rings (SSSR count). The molecule has 0 saturated heterocycles. The fraction of sp³-hybridized carbons (Fsp3) is 0.280. The van der Waals surface area contributed by atoms with Gasteiger partial charge in [0.05, 0.1) is 11.1 Å². The Labute approximate surface area is 181 Å². The van der Waals surface area contributed by atoms with Crippen molar-refractivity contribution in [2.45, 2.75) is 39.7 Å². The van der Waals surface area contributed by atoms with Crippen molar-refractivity contribution in [2.24, 2.45) is 11.0 Å². The topological polar surface area (TPSA) is 50.7 Å². The summed E-state index contributed by atoms with van der Waals surface area (Å²) in [6, 6.07) is 18.0. The van der Waals surface area contributed by atoms with Gasteiger partial charge in [0.1, 0.15) is 12.4 Å². The minimum absolute atomic E-state index is 0.142. The standard InChI is InChI=1S/C25H26N2O2S/c1-17-3-6-20(7-4-17)16-29-22-10-8-19(9-11-22)15-26-27-25(28)24-14-21-13-18(2)5-12-23(21)30-24/h3-4,6-11,14-15,18H,5,12-13,16H2,1-2H3,(H,27,28)/b26-15-/t18-/m1/s1. The first kappa shape index (κ1) is 20.4. The first-order valence-corrected chi connectivity index (χ1v) is 11.1. The first-order chi connectivity index (χ1) is 14.6. The number of nitrogens with zero attached hydrogens (tertiary/aromatic N) is 1. The van der Waals surface area contributed by atoms with E-state index < -0.39 is 0 Å². The van der Waals surface area contributed by atoms with Gasteiger partial charge in [0.15, 0.2) is 0 Å². The lowest BCUT2D eigenvalue weighted by Gasteiger charge is -2.16. The van der Waals surface area contributed by atoms with Gasteiger partial charge >= 0.3 is 0 Å². The van der Waals surface area contributed by atoms with Crippen molar-refractivity contribution < 1.29 is 9.53 Å². The highest BCUT2D eigenvalue weighted by Gasteiger charge is 2.20. The van der Waals surface area contributed by atoms with Gasteiger partial charge < -0.3 is 4.74 Å². The summed E-state index contributed by atoms with van der Waals surface area (Å²) in [6.45, 7) is 4.87. The fourth-order valence-corrected chi connectivity index (χ4v) is 4.64. The third-order valence-corrected chi connectivity index (χ3v) is 6.57. The zero-order valence-electron chi connectivity index (χ0n) is 17.4. The van der Waals surface area contributed by atoms with E-state index in [4.69, 9.17) is 4.74 Å². The molecule has 154 valence electrons. The van der Waals surface area contributed by atoms with E-state index in [1.807, 2.05) is 30.3 Å².